The zero-order valence-electron chi connectivity index (χ0n) is 10.7. The Kier molecular flexibility index (Phi) is 4.39. The second-order valence-corrected chi connectivity index (χ2v) is 4.99. The molecule has 0 aliphatic heterocycles. The summed E-state index contributed by atoms with van der Waals surface area (Å²) in [6, 6.07) is 8.33. The molecule has 1 aromatic heterocycles. The van der Waals surface area contributed by atoms with Crippen LogP contribution in [0.3, 0.4) is 0 Å². The summed E-state index contributed by atoms with van der Waals surface area (Å²) in [6.07, 6.45) is 3.77. The van der Waals surface area contributed by atoms with Gasteiger partial charge < -0.3 is 9.88 Å². The number of hydrogen-bond donors (Lipinski definition) is 1. The van der Waals surface area contributed by atoms with Crippen LogP contribution in [-0.2, 0) is 13.1 Å². The third kappa shape index (κ3) is 3.12. The lowest BCUT2D eigenvalue weighted by atomic mass is 10.2. The summed E-state index contributed by atoms with van der Waals surface area (Å²) < 4.78 is 2.17. The first-order valence-electron chi connectivity index (χ1n) is 6.13. The number of hydrogen-bond acceptors (Lipinski definition) is 2. The fourth-order valence-corrected chi connectivity index (χ4v) is 2.10. The van der Waals surface area contributed by atoms with Gasteiger partial charge in [-0.1, -0.05) is 29.8 Å². The van der Waals surface area contributed by atoms with Crippen molar-refractivity contribution >= 4 is 11.6 Å². The molecule has 0 aliphatic rings. The molecule has 0 saturated carbocycles. The van der Waals surface area contributed by atoms with Crippen LogP contribution >= 0.6 is 11.6 Å². The van der Waals surface area contributed by atoms with E-state index in [1.807, 2.05) is 36.8 Å². The molecule has 96 valence electrons. The third-order valence-electron chi connectivity index (χ3n) is 2.88. The van der Waals surface area contributed by atoms with Crippen molar-refractivity contribution in [2.24, 2.45) is 0 Å². The van der Waals surface area contributed by atoms with E-state index in [2.05, 4.69) is 28.7 Å². The summed E-state index contributed by atoms with van der Waals surface area (Å²) in [6.45, 7) is 5.87. The van der Waals surface area contributed by atoms with Crippen LogP contribution in [0.1, 0.15) is 31.1 Å². The molecular weight excluding hydrogens is 246 g/mol. The average molecular weight is 264 g/mol. The molecule has 2 aromatic rings. The molecule has 0 radical (unpaired) electrons. The number of halogens is 1. The second kappa shape index (κ2) is 6.03. The number of nitrogens with one attached hydrogen (secondary N) is 1. The maximum absolute atomic E-state index is 6.11. The maximum atomic E-state index is 6.11. The van der Waals surface area contributed by atoms with E-state index in [1.54, 1.807) is 0 Å². The predicted molar refractivity (Wildman–Crippen MR) is 74.6 cm³/mol. The van der Waals surface area contributed by atoms with Gasteiger partial charge in [0.05, 0.1) is 12.0 Å². The minimum Gasteiger partial charge on any atom is -0.331 e. The van der Waals surface area contributed by atoms with E-state index >= 15 is 0 Å². The smallest absolute Gasteiger partial charge is 0.0951 e. The lowest BCUT2D eigenvalue weighted by Crippen LogP contribution is -2.16. The molecule has 1 heterocycles. The van der Waals surface area contributed by atoms with Crippen LogP contribution in [0.2, 0.25) is 5.02 Å². The topological polar surface area (TPSA) is 29.9 Å². The van der Waals surface area contributed by atoms with Gasteiger partial charge in [0, 0.05) is 30.4 Å². The highest BCUT2D eigenvalue weighted by Gasteiger charge is 2.05. The summed E-state index contributed by atoms with van der Waals surface area (Å²) in [5.41, 5.74) is 2.31. The summed E-state index contributed by atoms with van der Waals surface area (Å²) >= 11 is 6.11. The van der Waals surface area contributed by atoms with E-state index < -0.39 is 0 Å². The van der Waals surface area contributed by atoms with Crippen molar-refractivity contribution in [2.45, 2.75) is 33.0 Å². The Morgan fingerprint density at radius 3 is 2.78 bits per heavy atom. The number of benzene rings is 1. The van der Waals surface area contributed by atoms with Crippen LogP contribution < -0.4 is 5.32 Å². The summed E-state index contributed by atoms with van der Waals surface area (Å²) in [5.74, 6) is 0. The second-order valence-electron chi connectivity index (χ2n) is 4.58. The maximum Gasteiger partial charge on any atom is 0.0951 e. The van der Waals surface area contributed by atoms with Gasteiger partial charge in [-0.2, -0.15) is 0 Å². The Labute approximate surface area is 113 Å². The van der Waals surface area contributed by atoms with E-state index in [1.165, 1.54) is 5.69 Å². The lowest BCUT2D eigenvalue weighted by molar-refractivity contribution is 0.550. The Morgan fingerprint density at radius 1 is 1.28 bits per heavy atom. The molecule has 2 rings (SSSR count). The first-order valence-corrected chi connectivity index (χ1v) is 6.51. The molecule has 0 atom stereocenters. The Hall–Kier alpha value is -1.32. The fourth-order valence-electron chi connectivity index (χ4n) is 1.90. The van der Waals surface area contributed by atoms with Crippen LogP contribution in [-0.4, -0.2) is 9.55 Å². The molecule has 1 N–H and O–H groups in total. The van der Waals surface area contributed by atoms with E-state index in [0.717, 1.165) is 23.7 Å². The SMILES string of the molecule is CC(C)n1cncc1CNCc1ccccc1Cl. The molecule has 3 nitrogen and oxygen atoms in total. The number of nitrogens with zero attached hydrogens (tertiary/aromatic N) is 2. The Morgan fingerprint density at radius 2 is 2.06 bits per heavy atom. The highest BCUT2D eigenvalue weighted by Crippen LogP contribution is 2.15. The first-order chi connectivity index (χ1) is 8.68. The largest absolute Gasteiger partial charge is 0.331 e. The van der Waals surface area contributed by atoms with Crippen LogP contribution in [0.15, 0.2) is 36.8 Å². The molecule has 0 bridgehead atoms. The van der Waals surface area contributed by atoms with Crippen LogP contribution in [0.25, 0.3) is 0 Å². The van der Waals surface area contributed by atoms with Gasteiger partial charge in [-0.15, -0.1) is 0 Å². The number of imidazole rings is 1. The molecule has 0 unspecified atom stereocenters. The Bertz CT molecular complexity index is 505. The molecule has 0 amide bonds. The van der Waals surface area contributed by atoms with Crippen molar-refractivity contribution in [3.63, 3.8) is 0 Å². The van der Waals surface area contributed by atoms with Gasteiger partial charge >= 0.3 is 0 Å². The molecular formula is C14H18ClN3. The summed E-state index contributed by atoms with van der Waals surface area (Å²) in [5, 5.41) is 4.20. The minimum absolute atomic E-state index is 0.435. The normalized spacial score (nSPS) is 11.1. The molecule has 1 aromatic carbocycles. The predicted octanol–water partition coefficient (Wildman–Crippen LogP) is 3.41. The molecule has 18 heavy (non-hydrogen) atoms. The van der Waals surface area contributed by atoms with Crippen molar-refractivity contribution < 1.29 is 0 Å². The zero-order chi connectivity index (χ0) is 13.0. The fraction of sp³-hybridized carbons (Fsp3) is 0.357. The van der Waals surface area contributed by atoms with Crippen LogP contribution in [0.5, 0.6) is 0 Å². The number of rotatable bonds is 5. The lowest BCUT2D eigenvalue weighted by Gasteiger charge is -2.12. The van der Waals surface area contributed by atoms with Crippen molar-refractivity contribution in [1.82, 2.24) is 14.9 Å². The van der Waals surface area contributed by atoms with Crippen molar-refractivity contribution in [3.05, 3.63) is 53.1 Å². The summed E-state index contributed by atoms with van der Waals surface area (Å²) in [4.78, 5) is 4.18. The average Bonchev–Trinajstić information content (AvgIpc) is 2.80. The van der Waals surface area contributed by atoms with E-state index in [0.29, 0.717) is 6.04 Å². The summed E-state index contributed by atoms with van der Waals surface area (Å²) in [7, 11) is 0. The molecule has 0 saturated heterocycles. The molecule has 0 aliphatic carbocycles. The zero-order valence-corrected chi connectivity index (χ0v) is 11.5. The third-order valence-corrected chi connectivity index (χ3v) is 3.25. The van der Waals surface area contributed by atoms with Gasteiger partial charge in [0.2, 0.25) is 0 Å². The van der Waals surface area contributed by atoms with E-state index in [-0.39, 0.29) is 0 Å². The minimum atomic E-state index is 0.435. The molecule has 4 heteroatoms. The highest BCUT2D eigenvalue weighted by molar-refractivity contribution is 6.31. The Balaban J connectivity index is 1.93. The van der Waals surface area contributed by atoms with E-state index in [4.69, 9.17) is 11.6 Å². The molecule has 0 fully saturated rings. The van der Waals surface area contributed by atoms with Crippen molar-refractivity contribution in [2.75, 3.05) is 0 Å². The van der Waals surface area contributed by atoms with Gasteiger partial charge in [-0.25, -0.2) is 4.98 Å². The van der Waals surface area contributed by atoms with Crippen molar-refractivity contribution in [3.8, 4) is 0 Å². The van der Waals surface area contributed by atoms with Gasteiger partial charge in [0.25, 0.3) is 0 Å². The van der Waals surface area contributed by atoms with E-state index in [9.17, 15) is 0 Å². The van der Waals surface area contributed by atoms with Crippen molar-refractivity contribution in [1.29, 1.82) is 0 Å². The first kappa shape index (κ1) is 13.1. The van der Waals surface area contributed by atoms with Gasteiger partial charge in [-0.3, -0.25) is 0 Å². The standard InChI is InChI=1S/C14H18ClN3/c1-11(2)18-10-17-9-13(18)8-16-7-12-5-3-4-6-14(12)15/h3-6,9-11,16H,7-8H2,1-2H3. The van der Waals surface area contributed by atoms with Crippen LogP contribution in [0.4, 0.5) is 0 Å². The van der Waals surface area contributed by atoms with Gasteiger partial charge in [-0.05, 0) is 25.5 Å². The number of aromatic nitrogens is 2. The monoisotopic (exact) mass is 263 g/mol. The molecule has 0 spiro atoms. The quantitative estimate of drug-likeness (QED) is 0.896. The highest BCUT2D eigenvalue weighted by atomic mass is 35.5. The van der Waals surface area contributed by atoms with Gasteiger partial charge in [0.15, 0.2) is 0 Å². The van der Waals surface area contributed by atoms with Gasteiger partial charge in [0.1, 0.15) is 0 Å². The van der Waals surface area contributed by atoms with Crippen LogP contribution in [0, 0.1) is 0 Å².